The average Bonchev–Trinajstić information content (AvgIpc) is 2.37. The average molecular weight is 329 g/mol. The first-order valence-electron chi connectivity index (χ1n) is 6.28. The quantitative estimate of drug-likeness (QED) is 0.679. The van der Waals surface area contributed by atoms with Gasteiger partial charge in [0.1, 0.15) is 0 Å². The lowest BCUT2D eigenvalue weighted by Crippen LogP contribution is -2.35. The zero-order valence-corrected chi connectivity index (χ0v) is 12.4. The van der Waals surface area contributed by atoms with Crippen molar-refractivity contribution in [2.45, 2.75) is 12.8 Å². The molecule has 19 heavy (non-hydrogen) atoms. The second-order valence-electron chi connectivity index (χ2n) is 4.93. The Morgan fingerprint density at radius 3 is 3.16 bits per heavy atom. The van der Waals surface area contributed by atoms with Crippen LogP contribution in [0.15, 0.2) is 16.7 Å². The molecule has 1 unspecified atom stereocenters. The number of likely N-dealkylation sites (tertiary alicyclic amines) is 1. The Balaban J connectivity index is 2.01. The van der Waals surface area contributed by atoms with Crippen LogP contribution in [-0.2, 0) is 0 Å². The maximum Gasteiger partial charge on any atom is 0.312 e. The fourth-order valence-electron chi connectivity index (χ4n) is 2.38. The van der Waals surface area contributed by atoms with Crippen LogP contribution >= 0.6 is 15.9 Å². The number of aromatic nitrogens is 1. The van der Waals surface area contributed by atoms with E-state index in [-0.39, 0.29) is 5.69 Å². The monoisotopic (exact) mass is 328 g/mol. The van der Waals surface area contributed by atoms with Crippen LogP contribution in [0.4, 0.5) is 11.5 Å². The van der Waals surface area contributed by atoms with E-state index in [1.165, 1.54) is 12.5 Å². The summed E-state index contributed by atoms with van der Waals surface area (Å²) < 4.78 is 0.613. The zero-order chi connectivity index (χ0) is 13.8. The minimum absolute atomic E-state index is 0.0125. The fraction of sp³-hybridized carbons (Fsp3) is 0.583. The zero-order valence-electron chi connectivity index (χ0n) is 10.8. The predicted octanol–water partition coefficient (Wildman–Crippen LogP) is 2.51. The summed E-state index contributed by atoms with van der Waals surface area (Å²) in [5, 5.41) is 14.1. The van der Waals surface area contributed by atoms with Crippen LogP contribution in [0, 0.1) is 16.0 Å². The molecule has 7 heteroatoms. The largest absolute Gasteiger partial charge is 0.364 e. The number of rotatable bonds is 4. The smallest absolute Gasteiger partial charge is 0.312 e. The van der Waals surface area contributed by atoms with Crippen molar-refractivity contribution in [3.8, 4) is 0 Å². The molecule has 1 aromatic heterocycles. The Morgan fingerprint density at radius 2 is 2.47 bits per heavy atom. The first-order valence-corrected chi connectivity index (χ1v) is 7.08. The van der Waals surface area contributed by atoms with Crippen LogP contribution in [0.3, 0.4) is 0 Å². The van der Waals surface area contributed by atoms with Gasteiger partial charge in [-0.3, -0.25) is 10.1 Å². The first-order chi connectivity index (χ1) is 9.06. The number of nitrogens with zero attached hydrogens (tertiary/aromatic N) is 3. The van der Waals surface area contributed by atoms with Crippen molar-refractivity contribution in [2.24, 2.45) is 5.92 Å². The molecule has 0 spiro atoms. The standard InChI is InChI=1S/C12H17BrN4O2/c1-16-4-2-3-9(8-16)6-14-12-11(17(18)19)5-10(13)7-15-12/h5,7,9H,2-4,6,8H2,1H3,(H,14,15). The molecule has 2 rings (SSSR count). The summed E-state index contributed by atoms with van der Waals surface area (Å²) in [7, 11) is 2.10. The van der Waals surface area contributed by atoms with Gasteiger partial charge in [0.25, 0.3) is 0 Å². The maximum absolute atomic E-state index is 11.0. The number of hydrogen-bond donors (Lipinski definition) is 1. The molecule has 1 saturated heterocycles. The number of piperidine rings is 1. The molecule has 1 aliphatic heterocycles. The molecular formula is C12H17BrN4O2. The topological polar surface area (TPSA) is 71.3 Å². The number of hydrogen-bond acceptors (Lipinski definition) is 5. The van der Waals surface area contributed by atoms with E-state index >= 15 is 0 Å². The number of nitrogens with one attached hydrogen (secondary N) is 1. The Kier molecular flexibility index (Phi) is 4.71. The van der Waals surface area contributed by atoms with Gasteiger partial charge in [-0.25, -0.2) is 4.98 Å². The second kappa shape index (κ2) is 6.29. The predicted molar refractivity (Wildman–Crippen MR) is 77.3 cm³/mol. The van der Waals surface area contributed by atoms with Gasteiger partial charge in [-0.1, -0.05) is 0 Å². The van der Waals surface area contributed by atoms with Gasteiger partial charge in [-0.2, -0.15) is 0 Å². The second-order valence-corrected chi connectivity index (χ2v) is 5.85. The summed E-state index contributed by atoms with van der Waals surface area (Å²) in [6.45, 7) is 2.88. The lowest BCUT2D eigenvalue weighted by atomic mass is 9.98. The fourth-order valence-corrected chi connectivity index (χ4v) is 2.70. The molecule has 2 heterocycles. The highest BCUT2D eigenvalue weighted by molar-refractivity contribution is 9.10. The molecular weight excluding hydrogens is 312 g/mol. The highest BCUT2D eigenvalue weighted by atomic mass is 79.9. The third-order valence-electron chi connectivity index (χ3n) is 3.31. The third kappa shape index (κ3) is 3.87. The molecule has 0 amide bonds. The van der Waals surface area contributed by atoms with E-state index in [2.05, 4.69) is 38.2 Å². The van der Waals surface area contributed by atoms with Crippen molar-refractivity contribution in [1.82, 2.24) is 9.88 Å². The van der Waals surface area contributed by atoms with Crippen LogP contribution in [0.2, 0.25) is 0 Å². The number of halogens is 1. The van der Waals surface area contributed by atoms with Gasteiger partial charge in [0.2, 0.25) is 5.82 Å². The summed E-state index contributed by atoms with van der Waals surface area (Å²) in [5.74, 6) is 0.866. The van der Waals surface area contributed by atoms with Crippen molar-refractivity contribution in [2.75, 3.05) is 32.0 Å². The summed E-state index contributed by atoms with van der Waals surface area (Å²) in [4.78, 5) is 16.9. The molecule has 0 aliphatic carbocycles. The summed E-state index contributed by atoms with van der Waals surface area (Å²) >= 11 is 3.20. The van der Waals surface area contributed by atoms with E-state index in [4.69, 9.17) is 0 Å². The van der Waals surface area contributed by atoms with Crippen LogP contribution in [0.5, 0.6) is 0 Å². The van der Waals surface area contributed by atoms with Crippen molar-refractivity contribution in [3.05, 3.63) is 26.9 Å². The van der Waals surface area contributed by atoms with Gasteiger partial charge in [0, 0.05) is 29.8 Å². The number of anilines is 1. The van der Waals surface area contributed by atoms with Gasteiger partial charge >= 0.3 is 5.69 Å². The van der Waals surface area contributed by atoms with Gasteiger partial charge in [0.05, 0.1) is 4.92 Å². The molecule has 104 valence electrons. The van der Waals surface area contributed by atoms with Crippen LogP contribution in [0.1, 0.15) is 12.8 Å². The van der Waals surface area contributed by atoms with Crippen molar-refractivity contribution >= 4 is 27.4 Å². The highest BCUT2D eigenvalue weighted by Crippen LogP contribution is 2.26. The maximum atomic E-state index is 11.0. The number of pyridine rings is 1. The Morgan fingerprint density at radius 1 is 1.68 bits per heavy atom. The Bertz CT molecular complexity index is 469. The highest BCUT2D eigenvalue weighted by Gasteiger charge is 2.20. The Labute approximate surface area is 120 Å². The lowest BCUT2D eigenvalue weighted by Gasteiger charge is -2.29. The van der Waals surface area contributed by atoms with Crippen molar-refractivity contribution < 1.29 is 4.92 Å². The summed E-state index contributed by atoms with van der Waals surface area (Å²) in [6.07, 6.45) is 3.91. The van der Waals surface area contributed by atoms with Gasteiger partial charge < -0.3 is 10.2 Å². The van der Waals surface area contributed by atoms with Crippen molar-refractivity contribution in [3.63, 3.8) is 0 Å². The van der Waals surface area contributed by atoms with Crippen LogP contribution in [-0.4, -0.2) is 41.5 Å². The Hall–Kier alpha value is -1.21. The lowest BCUT2D eigenvalue weighted by molar-refractivity contribution is -0.384. The van der Waals surface area contributed by atoms with Gasteiger partial charge in [-0.15, -0.1) is 0 Å². The van der Waals surface area contributed by atoms with Crippen LogP contribution in [0.25, 0.3) is 0 Å². The van der Waals surface area contributed by atoms with Crippen LogP contribution < -0.4 is 5.32 Å². The van der Waals surface area contributed by atoms with E-state index < -0.39 is 4.92 Å². The molecule has 0 bridgehead atoms. The minimum Gasteiger partial charge on any atom is -0.364 e. The van der Waals surface area contributed by atoms with Gasteiger partial charge in [0.15, 0.2) is 0 Å². The van der Waals surface area contributed by atoms with Crippen molar-refractivity contribution in [1.29, 1.82) is 0 Å². The SMILES string of the molecule is CN1CCCC(CNc2ncc(Br)cc2[N+](=O)[O-])C1. The molecule has 0 radical (unpaired) electrons. The van der Waals surface area contributed by atoms with Gasteiger partial charge in [-0.05, 0) is 48.3 Å². The summed E-state index contributed by atoms with van der Waals surface area (Å²) in [5.41, 5.74) is 0.0125. The number of nitro groups is 1. The molecule has 0 aromatic carbocycles. The summed E-state index contributed by atoms with van der Waals surface area (Å²) in [6, 6.07) is 1.47. The first kappa shape index (κ1) is 14.2. The van der Waals surface area contributed by atoms with E-state index in [0.717, 1.165) is 26.1 Å². The molecule has 1 fully saturated rings. The molecule has 6 nitrogen and oxygen atoms in total. The van der Waals surface area contributed by atoms with E-state index in [9.17, 15) is 10.1 Å². The molecule has 1 aromatic rings. The normalized spacial score (nSPS) is 20.2. The molecule has 0 saturated carbocycles. The molecule has 1 atom stereocenters. The van der Waals surface area contributed by atoms with E-state index in [1.54, 1.807) is 6.20 Å². The van der Waals surface area contributed by atoms with E-state index in [0.29, 0.717) is 16.2 Å². The van der Waals surface area contributed by atoms with E-state index in [1.807, 2.05) is 0 Å². The molecule has 1 N–H and O–H groups in total. The molecule has 1 aliphatic rings. The third-order valence-corrected chi connectivity index (χ3v) is 3.74. The minimum atomic E-state index is -0.410.